The second-order valence-corrected chi connectivity index (χ2v) is 7.74. The maximum atomic E-state index is 12.1. The Morgan fingerprint density at radius 1 is 1.41 bits per heavy atom. The van der Waals surface area contributed by atoms with Gasteiger partial charge in [-0.15, -0.1) is 11.3 Å². The van der Waals surface area contributed by atoms with Crippen molar-refractivity contribution in [3.8, 4) is 0 Å². The lowest BCUT2D eigenvalue weighted by atomic mass is 10.2. The number of benzene rings is 1. The highest BCUT2D eigenvalue weighted by molar-refractivity contribution is 9.10. The zero-order valence-corrected chi connectivity index (χ0v) is 14.4. The Balaban J connectivity index is 2.22. The topological polar surface area (TPSA) is 102 Å². The van der Waals surface area contributed by atoms with Crippen molar-refractivity contribution in [2.75, 3.05) is 0 Å². The smallest absolute Gasteiger partial charge is 0.258 e. The van der Waals surface area contributed by atoms with Crippen LogP contribution in [0.4, 0.5) is 5.69 Å². The van der Waals surface area contributed by atoms with Gasteiger partial charge in [0.05, 0.1) is 16.0 Å². The van der Waals surface area contributed by atoms with Gasteiger partial charge in [-0.25, -0.2) is 4.83 Å². The van der Waals surface area contributed by atoms with E-state index in [4.69, 9.17) is 0 Å². The Labute approximate surface area is 139 Å². The number of hydrogen-bond acceptors (Lipinski definition) is 6. The number of hydrogen-bond donors (Lipinski definition) is 1. The van der Waals surface area contributed by atoms with Crippen molar-refractivity contribution < 1.29 is 13.3 Å². The molecule has 0 spiro atoms. The number of nitrogens with one attached hydrogen (secondary N) is 1. The van der Waals surface area contributed by atoms with Crippen molar-refractivity contribution in [1.29, 1.82) is 0 Å². The molecule has 2 rings (SSSR count). The molecule has 22 heavy (non-hydrogen) atoms. The molecule has 0 bridgehead atoms. The minimum absolute atomic E-state index is 0.214. The van der Waals surface area contributed by atoms with Crippen molar-refractivity contribution in [3.63, 3.8) is 0 Å². The summed E-state index contributed by atoms with van der Waals surface area (Å²) in [6.07, 6.45) is 1.36. The summed E-state index contributed by atoms with van der Waals surface area (Å²) < 4.78 is 25.0. The Morgan fingerprint density at radius 2 is 2.14 bits per heavy atom. The first-order valence-corrected chi connectivity index (χ1v) is 8.99. The molecule has 0 unspecified atom stereocenters. The van der Waals surface area contributed by atoms with Crippen LogP contribution < -0.4 is 4.83 Å². The lowest BCUT2D eigenvalue weighted by Gasteiger charge is -2.04. The van der Waals surface area contributed by atoms with E-state index in [2.05, 4.69) is 21.0 Å². The molecular formula is C12H10BrN3O4S2. The average Bonchev–Trinajstić information content (AvgIpc) is 2.84. The molecule has 1 aromatic heterocycles. The predicted molar refractivity (Wildman–Crippen MR) is 87.8 cm³/mol. The van der Waals surface area contributed by atoms with Crippen molar-refractivity contribution in [2.24, 2.45) is 5.10 Å². The third kappa shape index (κ3) is 3.90. The summed E-state index contributed by atoms with van der Waals surface area (Å²) in [5.41, 5.74) is 0.130. The zero-order valence-electron chi connectivity index (χ0n) is 11.2. The van der Waals surface area contributed by atoms with Crippen LogP contribution in [0.3, 0.4) is 0 Å². The lowest BCUT2D eigenvalue weighted by Crippen LogP contribution is -2.18. The van der Waals surface area contributed by atoms with E-state index >= 15 is 0 Å². The van der Waals surface area contributed by atoms with Gasteiger partial charge in [0.2, 0.25) is 0 Å². The van der Waals surface area contributed by atoms with E-state index in [0.29, 0.717) is 5.56 Å². The van der Waals surface area contributed by atoms with Gasteiger partial charge in [0.1, 0.15) is 0 Å². The first kappa shape index (κ1) is 16.6. The highest BCUT2D eigenvalue weighted by atomic mass is 79.9. The molecule has 0 saturated heterocycles. The van der Waals surface area contributed by atoms with Crippen LogP contribution in [0.1, 0.15) is 10.4 Å². The average molecular weight is 404 g/mol. The van der Waals surface area contributed by atoms with Gasteiger partial charge in [-0.3, -0.25) is 10.1 Å². The van der Waals surface area contributed by atoms with Crippen LogP contribution in [0.25, 0.3) is 0 Å². The van der Waals surface area contributed by atoms with E-state index in [1.807, 2.05) is 10.2 Å². The van der Waals surface area contributed by atoms with E-state index in [0.717, 1.165) is 15.4 Å². The maximum absolute atomic E-state index is 12.1. The van der Waals surface area contributed by atoms with Crippen molar-refractivity contribution in [3.05, 3.63) is 54.7 Å². The van der Waals surface area contributed by atoms with Crippen LogP contribution in [0.15, 0.2) is 44.1 Å². The normalized spacial score (nSPS) is 11.7. The Bertz CT molecular complexity index is 846. The first-order valence-electron chi connectivity index (χ1n) is 5.83. The van der Waals surface area contributed by atoms with Crippen molar-refractivity contribution in [1.82, 2.24) is 4.83 Å². The minimum atomic E-state index is -3.96. The van der Waals surface area contributed by atoms with Crippen molar-refractivity contribution in [2.45, 2.75) is 11.8 Å². The monoisotopic (exact) mass is 403 g/mol. The van der Waals surface area contributed by atoms with Gasteiger partial charge in [-0.2, -0.15) is 13.5 Å². The van der Waals surface area contributed by atoms with Crippen LogP contribution in [0.2, 0.25) is 0 Å². The number of rotatable bonds is 5. The summed E-state index contributed by atoms with van der Waals surface area (Å²) in [7, 11) is -3.96. The lowest BCUT2D eigenvalue weighted by molar-refractivity contribution is -0.385. The molecule has 10 heteroatoms. The number of aryl methyl sites for hydroxylation is 1. The molecule has 0 aliphatic heterocycles. The summed E-state index contributed by atoms with van der Waals surface area (Å²) in [5.74, 6) is 0. The van der Waals surface area contributed by atoms with Gasteiger partial charge >= 0.3 is 0 Å². The highest BCUT2D eigenvalue weighted by Gasteiger charge is 2.19. The van der Waals surface area contributed by atoms with Crippen molar-refractivity contribution >= 4 is 49.2 Å². The van der Waals surface area contributed by atoms with E-state index in [9.17, 15) is 18.5 Å². The molecular weight excluding hydrogens is 394 g/mol. The maximum Gasteiger partial charge on any atom is 0.276 e. The quantitative estimate of drug-likeness (QED) is 0.470. The largest absolute Gasteiger partial charge is 0.276 e. The molecule has 0 radical (unpaired) electrons. The summed E-state index contributed by atoms with van der Waals surface area (Å²) in [5, 5.41) is 16.3. The Hall–Kier alpha value is -1.78. The molecule has 1 heterocycles. The third-order valence-electron chi connectivity index (χ3n) is 2.64. The Kier molecular flexibility index (Phi) is 4.94. The number of sulfonamides is 1. The summed E-state index contributed by atoms with van der Waals surface area (Å²) in [6.45, 7) is 1.54. The number of nitro groups is 1. The molecule has 0 amide bonds. The standard InChI is InChI=1S/C12H10BrN3O4S2/c1-8-2-3-11(5-12(8)16(17)18)22(19,20)15-14-6-10-4-9(13)7-21-10/h2-7,15H,1H3/b14-6+. The molecule has 116 valence electrons. The fourth-order valence-electron chi connectivity index (χ4n) is 1.56. The van der Waals surface area contributed by atoms with Gasteiger partial charge < -0.3 is 0 Å². The third-order valence-corrected chi connectivity index (χ3v) is 5.49. The van der Waals surface area contributed by atoms with Gasteiger partial charge in [0, 0.05) is 26.4 Å². The number of thiophene rings is 1. The second-order valence-electron chi connectivity index (χ2n) is 4.23. The number of nitrogens with zero attached hydrogens (tertiary/aromatic N) is 2. The number of halogens is 1. The van der Waals surface area contributed by atoms with Gasteiger partial charge in [-0.1, -0.05) is 6.07 Å². The van der Waals surface area contributed by atoms with Crippen LogP contribution in [-0.4, -0.2) is 19.6 Å². The molecule has 1 N–H and O–H groups in total. The minimum Gasteiger partial charge on any atom is -0.258 e. The molecule has 1 aromatic carbocycles. The van der Waals surface area contributed by atoms with Gasteiger partial charge in [0.15, 0.2) is 0 Å². The molecule has 0 atom stereocenters. The predicted octanol–water partition coefficient (Wildman–Crippen LogP) is 3.04. The summed E-state index contributed by atoms with van der Waals surface area (Å²) >= 11 is 4.66. The van der Waals surface area contributed by atoms with E-state index in [1.165, 1.54) is 36.6 Å². The number of nitro benzene ring substituents is 1. The van der Waals surface area contributed by atoms with Crippen LogP contribution >= 0.6 is 27.3 Å². The fourth-order valence-corrected chi connectivity index (χ4v) is 3.68. The molecule has 7 nitrogen and oxygen atoms in total. The summed E-state index contributed by atoms with van der Waals surface area (Å²) in [4.78, 5) is 12.8. The molecule has 0 aliphatic rings. The first-order chi connectivity index (χ1) is 10.3. The SMILES string of the molecule is Cc1ccc(S(=O)(=O)N/N=C/c2cc(Br)cs2)cc1[N+](=O)[O-]. The Morgan fingerprint density at radius 3 is 2.73 bits per heavy atom. The summed E-state index contributed by atoms with van der Waals surface area (Å²) in [6, 6.07) is 5.46. The van der Waals surface area contributed by atoms with E-state index in [1.54, 1.807) is 6.07 Å². The molecule has 0 aliphatic carbocycles. The number of hydrazone groups is 1. The molecule has 2 aromatic rings. The van der Waals surface area contributed by atoms with E-state index in [-0.39, 0.29) is 10.6 Å². The zero-order chi connectivity index (χ0) is 16.3. The van der Waals surface area contributed by atoms with Crippen LogP contribution in [0.5, 0.6) is 0 Å². The highest BCUT2D eigenvalue weighted by Crippen LogP contribution is 2.22. The van der Waals surface area contributed by atoms with Crippen LogP contribution in [-0.2, 0) is 10.0 Å². The molecule has 0 fully saturated rings. The second kappa shape index (κ2) is 6.55. The van der Waals surface area contributed by atoms with Gasteiger partial charge in [0.25, 0.3) is 15.7 Å². The van der Waals surface area contributed by atoms with Crippen LogP contribution in [0, 0.1) is 17.0 Å². The molecule has 0 saturated carbocycles. The fraction of sp³-hybridized carbons (Fsp3) is 0.0833. The van der Waals surface area contributed by atoms with E-state index < -0.39 is 14.9 Å². The van der Waals surface area contributed by atoms with Gasteiger partial charge in [-0.05, 0) is 35.0 Å².